The Bertz CT molecular complexity index is 1180. The standard InChI is InChI=1S/C25H25FN4O2/c1-27-24(31)17-11-9-16(10-12-17)15-29(18-13-14-18)25(32)23-19-5-4-8-21(19)30(28-23)22-7-3-2-6-20(22)26/h2-3,6-7,9-12,18H,4-5,8,13-15H2,1H3,(H,27,31). The smallest absolute Gasteiger partial charge is 0.275 e. The second-order valence-corrected chi connectivity index (χ2v) is 8.43. The van der Waals surface area contributed by atoms with Crippen LogP contribution < -0.4 is 5.32 Å². The molecular weight excluding hydrogens is 407 g/mol. The van der Waals surface area contributed by atoms with Gasteiger partial charge in [-0.15, -0.1) is 0 Å². The Labute approximate surface area is 186 Å². The van der Waals surface area contributed by atoms with Crippen LogP contribution in [0.3, 0.4) is 0 Å². The zero-order valence-corrected chi connectivity index (χ0v) is 18.0. The number of fused-ring (bicyclic) bond motifs is 1. The molecule has 1 heterocycles. The molecule has 3 aromatic rings. The van der Waals surface area contributed by atoms with Crippen molar-refractivity contribution in [2.45, 2.75) is 44.7 Å². The van der Waals surface area contributed by atoms with Gasteiger partial charge in [0.25, 0.3) is 11.8 Å². The van der Waals surface area contributed by atoms with Crippen LogP contribution in [0.4, 0.5) is 4.39 Å². The zero-order chi connectivity index (χ0) is 22.2. The average molecular weight is 432 g/mol. The van der Waals surface area contributed by atoms with E-state index in [1.54, 1.807) is 42.1 Å². The quantitative estimate of drug-likeness (QED) is 0.646. The highest BCUT2D eigenvalue weighted by atomic mass is 19.1. The Morgan fingerprint density at radius 2 is 1.88 bits per heavy atom. The minimum Gasteiger partial charge on any atom is -0.355 e. The van der Waals surface area contributed by atoms with Crippen LogP contribution in [-0.2, 0) is 19.4 Å². The molecule has 0 spiro atoms. The van der Waals surface area contributed by atoms with Crippen LogP contribution in [0.25, 0.3) is 5.69 Å². The highest BCUT2D eigenvalue weighted by Crippen LogP contribution is 2.33. The van der Waals surface area contributed by atoms with Crippen LogP contribution in [0.2, 0.25) is 0 Å². The summed E-state index contributed by atoms with van der Waals surface area (Å²) in [5.74, 6) is -0.587. The molecular formula is C25H25FN4O2. The first kappa shape index (κ1) is 20.4. The molecule has 1 N–H and O–H groups in total. The van der Waals surface area contributed by atoms with Gasteiger partial charge in [-0.25, -0.2) is 9.07 Å². The summed E-state index contributed by atoms with van der Waals surface area (Å²) in [4.78, 5) is 27.3. The summed E-state index contributed by atoms with van der Waals surface area (Å²) in [6, 6.07) is 14.0. The van der Waals surface area contributed by atoms with Gasteiger partial charge in [0.2, 0.25) is 0 Å². The lowest BCUT2D eigenvalue weighted by Gasteiger charge is -2.22. The van der Waals surface area contributed by atoms with Crippen LogP contribution in [-0.4, -0.2) is 39.6 Å². The SMILES string of the molecule is CNC(=O)c1ccc(CN(C(=O)c2nn(-c3ccccc3F)c3c2CCC3)C2CC2)cc1. The van der Waals surface area contributed by atoms with Crippen LogP contribution in [0.1, 0.15) is 56.9 Å². The molecule has 2 aliphatic carbocycles. The van der Waals surface area contributed by atoms with E-state index < -0.39 is 0 Å². The van der Waals surface area contributed by atoms with E-state index in [1.165, 1.54) is 6.07 Å². The fourth-order valence-electron chi connectivity index (χ4n) is 4.42. The highest BCUT2D eigenvalue weighted by molar-refractivity contribution is 5.95. The van der Waals surface area contributed by atoms with Crippen LogP contribution >= 0.6 is 0 Å². The normalized spacial score (nSPS) is 14.8. The average Bonchev–Trinajstić information content (AvgIpc) is 3.43. The lowest BCUT2D eigenvalue weighted by molar-refractivity contribution is 0.0722. The van der Waals surface area contributed by atoms with Crippen molar-refractivity contribution in [2.75, 3.05) is 7.05 Å². The predicted molar refractivity (Wildman–Crippen MR) is 118 cm³/mol. The number of aromatic nitrogens is 2. The Hall–Kier alpha value is -3.48. The van der Waals surface area contributed by atoms with E-state index in [0.717, 1.165) is 48.9 Å². The summed E-state index contributed by atoms with van der Waals surface area (Å²) >= 11 is 0. The summed E-state index contributed by atoms with van der Waals surface area (Å²) in [6.45, 7) is 0.457. The number of hydrogen-bond donors (Lipinski definition) is 1. The minimum atomic E-state index is -0.348. The van der Waals surface area contributed by atoms with Gasteiger partial charge < -0.3 is 10.2 Å². The molecule has 1 fully saturated rings. The van der Waals surface area contributed by atoms with E-state index in [-0.39, 0.29) is 23.7 Å². The molecule has 2 aliphatic rings. The number of amides is 2. The van der Waals surface area contributed by atoms with Gasteiger partial charge in [0.05, 0.1) is 0 Å². The monoisotopic (exact) mass is 432 g/mol. The van der Waals surface area contributed by atoms with Crippen LogP contribution in [0.15, 0.2) is 48.5 Å². The van der Waals surface area contributed by atoms with Gasteiger partial charge in [-0.05, 0) is 61.9 Å². The third-order valence-electron chi connectivity index (χ3n) is 6.26. The number of nitrogens with zero attached hydrogens (tertiary/aromatic N) is 3. The molecule has 164 valence electrons. The number of para-hydroxylation sites is 1. The number of halogens is 1. The summed E-state index contributed by atoms with van der Waals surface area (Å²) in [5, 5.41) is 7.23. The van der Waals surface area contributed by atoms with Crippen molar-refractivity contribution < 1.29 is 14.0 Å². The molecule has 2 aromatic carbocycles. The fraction of sp³-hybridized carbons (Fsp3) is 0.320. The first-order valence-electron chi connectivity index (χ1n) is 11.0. The maximum absolute atomic E-state index is 14.5. The van der Waals surface area contributed by atoms with Crippen molar-refractivity contribution in [2.24, 2.45) is 0 Å². The topological polar surface area (TPSA) is 67.2 Å². The molecule has 0 atom stereocenters. The second-order valence-electron chi connectivity index (χ2n) is 8.43. The van der Waals surface area contributed by atoms with Gasteiger partial charge in [0.1, 0.15) is 11.5 Å². The molecule has 32 heavy (non-hydrogen) atoms. The highest BCUT2D eigenvalue weighted by Gasteiger charge is 2.37. The first-order chi connectivity index (χ1) is 15.6. The van der Waals surface area contributed by atoms with E-state index in [9.17, 15) is 14.0 Å². The van der Waals surface area contributed by atoms with E-state index in [0.29, 0.717) is 23.5 Å². The predicted octanol–water partition coefficient (Wildman–Crippen LogP) is 3.66. The maximum Gasteiger partial charge on any atom is 0.275 e. The Kier molecular flexibility index (Phi) is 5.25. The molecule has 0 saturated heterocycles. The number of nitrogens with one attached hydrogen (secondary N) is 1. The Balaban J connectivity index is 1.45. The third-order valence-corrected chi connectivity index (χ3v) is 6.26. The molecule has 0 unspecified atom stereocenters. The summed E-state index contributed by atoms with van der Waals surface area (Å²) in [7, 11) is 1.60. The van der Waals surface area contributed by atoms with E-state index in [2.05, 4.69) is 10.4 Å². The van der Waals surface area contributed by atoms with Crippen LogP contribution in [0.5, 0.6) is 0 Å². The second kappa shape index (κ2) is 8.22. The first-order valence-corrected chi connectivity index (χ1v) is 11.0. The largest absolute Gasteiger partial charge is 0.355 e. The lowest BCUT2D eigenvalue weighted by Crippen LogP contribution is -2.33. The van der Waals surface area contributed by atoms with Gasteiger partial charge in [-0.1, -0.05) is 24.3 Å². The lowest BCUT2D eigenvalue weighted by atomic mass is 10.1. The van der Waals surface area contributed by atoms with E-state index in [1.807, 2.05) is 17.0 Å². The number of carbonyl (C=O) groups is 2. The van der Waals surface area contributed by atoms with Gasteiger partial charge in [-0.3, -0.25) is 9.59 Å². The molecule has 1 aromatic heterocycles. The van der Waals surface area contributed by atoms with Crippen molar-refractivity contribution in [1.29, 1.82) is 0 Å². The molecule has 5 rings (SSSR count). The van der Waals surface area contributed by atoms with Crippen molar-refractivity contribution in [3.05, 3.63) is 82.4 Å². The number of benzene rings is 2. The van der Waals surface area contributed by atoms with Gasteiger partial charge in [-0.2, -0.15) is 5.10 Å². The van der Waals surface area contributed by atoms with E-state index in [4.69, 9.17) is 0 Å². The Morgan fingerprint density at radius 1 is 1.12 bits per heavy atom. The molecule has 0 radical (unpaired) electrons. The van der Waals surface area contributed by atoms with Crippen molar-refractivity contribution in [1.82, 2.24) is 20.0 Å². The molecule has 1 saturated carbocycles. The molecule has 0 aliphatic heterocycles. The van der Waals surface area contributed by atoms with Crippen molar-refractivity contribution in [3.8, 4) is 5.69 Å². The minimum absolute atomic E-state index is 0.101. The van der Waals surface area contributed by atoms with Gasteiger partial charge >= 0.3 is 0 Å². The number of hydrogen-bond acceptors (Lipinski definition) is 3. The zero-order valence-electron chi connectivity index (χ0n) is 18.0. The van der Waals surface area contributed by atoms with Gasteiger partial charge in [0.15, 0.2) is 5.69 Å². The summed E-state index contributed by atoms with van der Waals surface area (Å²) in [5.41, 5.74) is 4.25. The van der Waals surface area contributed by atoms with Crippen molar-refractivity contribution in [3.63, 3.8) is 0 Å². The third kappa shape index (κ3) is 3.68. The fourth-order valence-corrected chi connectivity index (χ4v) is 4.42. The van der Waals surface area contributed by atoms with E-state index >= 15 is 0 Å². The van der Waals surface area contributed by atoms with Crippen LogP contribution in [0, 0.1) is 5.82 Å². The molecule has 7 heteroatoms. The number of rotatable bonds is 6. The van der Waals surface area contributed by atoms with Crippen molar-refractivity contribution >= 4 is 11.8 Å². The summed E-state index contributed by atoms with van der Waals surface area (Å²) < 4.78 is 16.1. The van der Waals surface area contributed by atoms with Gasteiger partial charge in [0, 0.05) is 36.5 Å². The number of carbonyl (C=O) groups excluding carboxylic acids is 2. The molecule has 0 bridgehead atoms. The summed E-state index contributed by atoms with van der Waals surface area (Å²) in [6.07, 6.45) is 4.45. The molecule has 2 amide bonds. The molecule has 6 nitrogen and oxygen atoms in total. The Morgan fingerprint density at radius 3 is 2.56 bits per heavy atom. The maximum atomic E-state index is 14.5.